The standard InChI is InChI=1S/C12H17F3N2/c1-8(2)10-7-11(12(13,14)15)16-17(10)9-5-3-4-6-9/h7-9H,3-6H2,1-2H3. The predicted molar refractivity (Wildman–Crippen MR) is 58.8 cm³/mol. The lowest BCUT2D eigenvalue weighted by atomic mass is 10.1. The Morgan fingerprint density at radius 3 is 2.35 bits per heavy atom. The van der Waals surface area contributed by atoms with E-state index >= 15 is 0 Å². The molecular formula is C12H17F3N2. The van der Waals surface area contributed by atoms with Crippen LogP contribution in [-0.4, -0.2) is 9.78 Å². The Kier molecular flexibility index (Phi) is 3.19. The molecular weight excluding hydrogens is 229 g/mol. The van der Waals surface area contributed by atoms with Crippen LogP contribution >= 0.6 is 0 Å². The zero-order valence-electron chi connectivity index (χ0n) is 10.1. The summed E-state index contributed by atoms with van der Waals surface area (Å²) in [5.74, 6) is 0.0687. The Balaban J connectivity index is 2.38. The van der Waals surface area contributed by atoms with Crippen LogP contribution in [-0.2, 0) is 6.18 Å². The molecule has 1 aliphatic carbocycles. The van der Waals surface area contributed by atoms with E-state index in [2.05, 4.69) is 5.10 Å². The first-order chi connectivity index (χ1) is 7.89. The average Bonchev–Trinajstić information content (AvgIpc) is 2.85. The van der Waals surface area contributed by atoms with E-state index in [-0.39, 0.29) is 12.0 Å². The second-order valence-electron chi connectivity index (χ2n) is 4.99. The molecule has 17 heavy (non-hydrogen) atoms. The Morgan fingerprint density at radius 2 is 1.88 bits per heavy atom. The zero-order valence-corrected chi connectivity index (χ0v) is 10.1. The van der Waals surface area contributed by atoms with Gasteiger partial charge in [-0.1, -0.05) is 26.7 Å². The SMILES string of the molecule is CC(C)c1cc(C(F)(F)F)nn1C1CCCC1. The summed E-state index contributed by atoms with van der Waals surface area (Å²) in [5, 5.41) is 3.78. The molecule has 1 aliphatic rings. The molecule has 0 unspecified atom stereocenters. The van der Waals surface area contributed by atoms with E-state index in [0.717, 1.165) is 25.7 Å². The number of rotatable bonds is 2. The Labute approximate surface area is 98.8 Å². The summed E-state index contributed by atoms with van der Waals surface area (Å²) in [6.07, 6.45) is -0.280. The molecule has 0 radical (unpaired) electrons. The maximum Gasteiger partial charge on any atom is 0.435 e. The second-order valence-corrected chi connectivity index (χ2v) is 4.99. The molecule has 0 aliphatic heterocycles. The first kappa shape index (κ1) is 12.5. The summed E-state index contributed by atoms with van der Waals surface area (Å²) >= 11 is 0. The van der Waals surface area contributed by atoms with Gasteiger partial charge in [0.25, 0.3) is 0 Å². The van der Waals surface area contributed by atoms with Crippen molar-refractivity contribution < 1.29 is 13.2 Å². The van der Waals surface area contributed by atoms with Crippen LogP contribution in [0.4, 0.5) is 13.2 Å². The summed E-state index contributed by atoms with van der Waals surface area (Å²) in [6.45, 7) is 3.81. The van der Waals surface area contributed by atoms with Gasteiger partial charge in [0.2, 0.25) is 0 Å². The van der Waals surface area contributed by atoms with Gasteiger partial charge in [-0.15, -0.1) is 0 Å². The van der Waals surface area contributed by atoms with Gasteiger partial charge in [-0.05, 0) is 24.8 Å². The molecule has 0 atom stereocenters. The molecule has 96 valence electrons. The first-order valence-electron chi connectivity index (χ1n) is 6.06. The van der Waals surface area contributed by atoms with Crippen molar-refractivity contribution in [2.75, 3.05) is 0 Å². The maximum atomic E-state index is 12.7. The summed E-state index contributed by atoms with van der Waals surface area (Å²) in [6, 6.07) is 1.35. The predicted octanol–water partition coefficient (Wildman–Crippen LogP) is 4.14. The van der Waals surface area contributed by atoms with Gasteiger partial charge in [0.15, 0.2) is 5.69 Å². The van der Waals surface area contributed by atoms with Crippen LogP contribution in [0.5, 0.6) is 0 Å². The van der Waals surface area contributed by atoms with Crippen LogP contribution in [0.25, 0.3) is 0 Å². The minimum Gasteiger partial charge on any atom is -0.266 e. The fourth-order valence-electron chi connectivity index (χ4n) is 2.42. The summed E-state index contributed by atoms with van der Waals surface area (Å²) in [5.41, 5.74) is -0.0580. The fourth-order valence-corrected chi connectivity index (χ4v) is 2.42. The van der Waals surface area contributed by atoms with E-state index in [1.54, 1.807) is 4.68 Å². The Hall–Kier alpha value is -1.00. The van der Waals surface area contributed by atoms with E-state index in [4.69, 9.17) is 0 Å². The number of alkyl halides is 3. The molecule has 1 heterocycles. The highest BCUT2D eigenvalue weighted by Crippen LogP contribution is 2.35. The van der Waals surface area contributed by atoms with Crippen molar-refractivity contribution in [3.05, 3.63) is 17.5 Å². The highest BCUT2D eigenvalue weighted by Gasteiger charge is 2.36. The van der Waals surface area contributed by atoms with Crippen LogP contribution < -0.4 is 0 Å². The largest absolute Gasteiger partial charge is 0.435 e. The van der Waals surface area contributed by atoms with Gasteiger partial charge in [-0.25, -0.2) is 0 Å². The van der Waals surface area contributed by atoms with Gasteiger partial charge < -0.3 is 0 Å². The van der Waals surface area contributed by atoms with Crippen molar-refractivity contribution >= 4 is 0 Å². The molecule has 2 nitrogen and oxygen atoms in total. The molecule has 0 saturated heterocycles. The quantitative estimate of drug-likeness (QED) is 0.766. The Bertz CT molecular complexity index is 387. The molecule has 2 rings (SSSR count). The van der Waals surface area contributed by atoms with Crippen molar-refractivity contribution in [1.82, 2.24) is 9.78 Å². The molecule has 5 heteroatoms. The number of hydrogen-bond acceptors (Lipinski definition) is 1. The van der Waals surface area contributed by atoms with Gasteiger partial charge in [0.05, 0.1) is 6.04 Å². The highest BCUT2D eigenvalue weighted by atomic mass is 19.4. The third kappa shape index (κ3) is 2.48. The molecule has 0 spiro atoms. The summed E-state index contributed by atoms with van der Waals surface area (Å²) in [4.78, 5) is 0. The van der Waals surface area contributed by atoms with Crippen LogP contribution in [0.3, 0.4) is 0 Å². The normalized spacial score (nSPS) is 18.2. The highest BCUT2D eigenvalue weighted by molar-refractivity contribution is 5.17. The molecule has 0 N–H and O–H groups in total. The number of halogens is 3. The van der Waals surface area contributed by atoms with E-state index in [0.29, 0.717) is 5.69 Å². The van der Waals surface area contributed by atoms with Crippen LogP contribution in [0.15, 0.2) is 6.07 Å². The van der Waals surface area contributed by atoms with Crippen molar-refractivity contribution in [1.29, 1.82) is 0 Å². The third-order valence-corrected chi connectivity index (χ3v) is 3.32. The molecule has 1 aromatic heterocycles. The second kappa shape index (κ2) is 4.35. The number of nitrogens with zero attached hydrogens (tertiary/aromatic N) is 2. The van der Waals surface area contributed by atoms with Crippen LogP contribution in [0, 0.1) is 0 Å². The fraction of sp³-hybridized carbons (Fsp3) is 0.750. The van der Waals surface area contributed by atoms with Crippen molar-refractivity contribution in [3.63, 3.8) is 0 Å². The molecule has 0 amide bonds. The minimum atomic E-state index is -4.34. The smallest absolute Gasteiger partial charge is 0.266 e. The molecule has 0 aromatic carbocycles. The lowest BCUT2D eigenvalue weighted by molar-refractivity contribution is -0.141. The first-order valence-corrected chi connectivity index (χ1v) is 6.06. The zero-order chi connectivity index (χ0) is 12.6. The van der Waals surface area contributed by atoms with Crippen molar-refractivity contribution in [3.8, 4) is 0 Å². The van der Waals surface area contributed by atoms with E-state index < -0.39 is 11.9 Å². The van der Waals surface area contributed by atoms with Gasteiger partial charge in [-0.2, -0.15) is 18.3 Å². The van der Waals surface area contributed by atoms with Crippen LogP contribution in [0.1, 0.15) is 62.9 Å². The van der Waals surface area contributed by atoms with Crippen molar-refractivity contribution in [2.24, 2.45) is 0 Å². The van der Waals surface area contributed by atoms with Gasteiger partial charge >= 0.3 is 6.18 Å². The third-order valence-electron chi connectivity index (χ3n) is 3.32. The van der Waals surface area contributed by atoms with Gasteiger partial charge in [0, 0.05) is 5.69 Å². The lowest BCUT2D eigenvalue weighted by Gasteiger charge is -2.16. The average molecular weight is 246 g/mol. The maximum absolute atomic E-state index is 12.7. The van der Waals surface area contributed by atoms with E-state index in [1.165, 1.54) is 6.07 Å². The summed E-state index contributed by atoms with van der Waals surface area (Å²) in [7, 11) is 0. The monoisotopic (exact) mass is 246 g/mol. The van der Waals surface area contributed by atoms with Crippen LogP contribution in [0.2, 0.25) is 0 Å². The molecule has 1 saturated carbocycles. The number of aromatic nitrogens is 2. The molecule has 1 fully saturated rings. The van der Waals surface area contributed by atoms with Gasteiger partial charge in [0.1, 0.15) is 0 Å². The van der Waals surface area contributed by atoms with E-state index in [9.17, 15) is 13.2 Å². The lowest BCUT2D eigenvalue weighted by Crippen LogP contribution is -2.13. The van der Waals surface area contributed by atoms with Crippen molar-refractivity contribution in [2.45, 2.75) is 57.7 Å². The molecule has 0 bridgehead atoms. The number of hydrogen-bond donors (Lipinski definition) is 0. The molecule has 1 aromatic rings. The topological polar surface area (TPSA) is 17.8 Å². The summed E-state index contributed by atoms with van der Waals surface area (Å²) < 4.78 is 39.6. The van der Waals surface area contributed by atoms with E-state index in [1.807, 2.05) is 13.8 Å². The minimum absolute atomic E-state index is 0.0687. The van der Waals surface area contributed by atoms with Gasteiger partial charge in [-0.3, -0.25) is 4.68 Å². The Morgan fingerprint density at radius 1 is 1.29 bits per heavy atom.